The van der Waals surface area contributed by atoms with Gasteiger partial charge in [0.15, 0.2) is 0 Å². The summed E-state index contributed by atoms with van der Waals surface area (Å²) >= 11 is 0. The molecule has 3 rings (SSSR count). The average Bonchev–Trinajstić information content (AvgIpc) is 2.86. The Balaban J connectivity index is 2.08. The van der Waals surface area contributed by atoms with Crippen molar-refractivity contribution in [3.63, 3.8) is 0 Å². The zero-order valence-corrected chi connectivity index (χ0v) is 12.7. The number of aromatic nitrogens is 2. The fourth-order valence-corrected chi connectivity index (χ4v) is 2.78. The van der Waals surface area contributed by atoms with Crippen LogP contribution in [0.3, 0.4) is 0 Å². The van der Waals surface area contributed by atoms with E-state index in [0.717, 1.165) is 44.2 Å². The number of para-hydroxylation sites is 1. The second-order valence-electron chi connectivity index (χ2n) is 5.26. The van der Waals surface area contributed by atoms with Gasteiger partial charge >= 0.3 is 0 Å². The third-order valence-electron chi connectivity index (χ3n) is 3.82. The Morgan fingerprint density at radius 1 is 1.19 bits per heavy atom. The number of hydrogen-bond acceptors (Lipinski definition) is 4. The quantitative estimate of drug-likeness (QED) is 0.929. The molecule has 1 N–H and O–H groups in total. The van der Waals surface area contributed by atoms with Crippen molar-refractivity contribution >= 4 is 5.82 Å². The van der Waals surface area contributed by atoms with E-state index in [1.54, 1.807) is 0 Å². The molecule has 0 atom stereocenters. The number of benzene rings is 1. The van der Waals surface area contributed by atoms with Crippen molar-refractivity contribution in [2.45, 2.75) is 13.5 Å². The number of nitrogens with one attached hydrogen (secondary N) is 1. The molecule has 5 nitrogen and oxygen atoms in total. The largest absolute Gasteiger partial charge is 0.378 e. The molecule has 112 valence electrons. The molecule has 2 aromatic rings. The molecule has 1 aromatic heterocycles. The highest BCUT2D eigenvalue weighted by atomic mass is 16.5. The lowest BCUT2D eigenvalue weighted by molar-refractivity contribution is 0.122. The number of aryl methyl sites for hydroxylation is 1. The molecule has 0 unspecified atom stereocenters. The van der Waals surface area contributed by atoms with Gasteiger partial charge in [-0.1, -0.05) is 18.2 Å². The average molecular weight is 286 g/mol. The van der Waals surface area contributed by atoms with Crippen LogP contribution >= 0.6 is 0 Å². The van der Waals surface area contributed by atoms with Crippen molar-refractivity contribution in [3.8, 4) is 5.69 Å². The topological polar surface area (TPSA) is 42.3 Å². The molecule has 0 amide bonds. The molecule has 0 aliphatic carbocycles. The molecule has 5 heteroatoms. The summed E-state index contributed by atoms with van der Waals surface area (Å²) in [6.45, 7) is 6.28. The van der Waals surface area contributed by atoms with Crippen molar-refractivity contribution in [1.82, 2.24) is 15.1 Å². The zero-order valence-electron chi connectivity index (χ0n) is 12.7. The Kier molecular flexibility index (Phi) is 4.22. The highest BCUT2D eigenvalue weighted by Gasteiger charge is 2.22. The van der Waals surface area contributed by atoms with Crippen LogP contribution < -0.4 is 10.2 Å². The molecule has 0 saturated carbocycles. The molecular formula is C16H22N4O. The summed E-state index contributed by atoms with van der Waals surface area (Å²) in [7, 11) is 1.97. The van der Waals surface area contributed by atoms with Crippen molar-refractivity contribution in [2.75, 3.05) is 38.3 Å². The molecule has 0 bridgehead atoms. The molecule has 2 heterocycles. The van der Waals surface area contributed by atoms with E-state index in [0.29, 0.717) is 0 Å². The van der Waals surface area contributed by atoms with Crippen LogP contribution in [0.2, 0.25) is 0 Å². The van der Waals surface area contributed by atoms with E-state index in [4.69, 9.17) is 9.84 Å². The fraction of sp³-hybridized carbons (Fsp3) is 0.438. The number of morpholine rings is 1. The number of anilines is 1. The maximum Gasteiger partial charge on any atom is 0.137 e. The maximum absolute atomic E-state index is 5.49. The highest BCUT2D eigenvalue weighted by molar-refractivity contribution is 5.55. The highest BCUT2D eigenvalue weighted by Crippen LogP contribution is 2.28. The lowest BCUT2D eigenvalue weighted by atomic mass is 10.2. The van der Waals surface area contributed by atoms with Crippen molar-refractivity contribution in [1.29, 1.82) is 0 Å². The van der Waals surface area contributed by atoms with E-state index in [1.807, 2.05) is 25.2 Å². The van der Waals surface area contributed by atoms with Gasteiger partial charge in [-0.2, -0.15) is 5.10 Å². The lowest BCUT2D eigenvalue weighted by Gasteiger charge is -2.30. The summed E-state index contributed by atoms with van der Waals surface area (Å²) in [5.41, 5.74) is 3.45. The van der Waals surface area contributed by atoms with Gasteiger partial charge in [0.1, 0.15) is 5.82 Å². The fourth-order valence-electron chi connectivity index (χ4n) is 2.78. The number of ether oxygens (including phenoxy) is 1. The third kappa shape index (κ3) is 2.80. The Hall–Kier alpha value is -1.85. The van der Waals surface area contributed by atoms with Crippen LogP contribution in [0.25, 0.3) is 5.69 Å². The summed E-state index contributed by atoms with van der Waals surface area (Å²) in [5, 5.41) is 8.03. The first-order valence-corrected chi connectivity index (χ1v) is 7.42. The van der Waals surface area contributed by atoms with Gasteiger partial charge in [-0.25, -0.2) is 4.68 Å². The van der Waals surface area contributed by atoms with Crippen LogP contribution in [0.1, 0.15) is 11.3 Å². The Morgan fingerprint density at radius 3 is 2.57 bits per heavy atom. The molecule has 1 aliphatic rings. The summed E-state index contributed by atoms with van der Waals surface area (Å²) in [4.78, 5) is 2.38. The second kappa shape index (κ2) is 6.28. The Bertz CT molecular complexity index is 588. The normalized spacial score (nSPS) is 15.4. The smallest absolute Gasteiger partial charge is 0.137 e. The van der Waals surface area contributed by atoms with E-state index in [-0.39, 0.29) is 0 Å². The van der Waals surface area contributed by atoms with Gasteiger partial charge in [-0.05, 0) is 26.1 Å². The first-order chi connectivity index (χ1) is 10.3. The van der Waals surface area contributed by atoms with E-state index >= 15 is 0 Å². The monoisotopic (exact) mass is 286 g/mol. The van der Waals surface area contributed by atoms with Crippen molar-refractivity contribution < 1.29 is 4.74 Å². The van der Waals surface area contributed by atoms with Crippen LogP contribution in [-0.2, 0) is 11.3 Å². The summed E-state index contributed by atoms with van der Waals surface area (Å²) in [5.74, 6) is 1.19. The van der Waals surface area contributed by atoms with Crippen molar-refractivity contribution in [2.24, 2.45) is 0 Å². The van der Waals surface area contributed by atoms with Crippen LogP contribution in [0.15, 0.2) is 30.3 Å². The zero-order chi connectivity index (χ0) is 14.7. The van der Waals surface area contributed by atoms with Gasteiger partial charge in [0.2, 0.25) is 0 Å². The minimum Gasteiger partial charge on any atom is -0.378 e. The first kappa shape index (κ1) is 14.1. The molecule has 0 radical (unpaired) electrons. The Morgan fingerprint density at radius 2 is 1.90 bits per heavy atom. The van der Waals surface area contributed by atoms with Gasteiger partial charge in [0.05, 0.1) is 24.6 Å². The molecule has 0 spiro atoms. The summed E-state index contributed by atoms with van der Waals surface area (Å²) in [6.07, 6.45) is 0. The van der Waals surface area contributed by atoms with Gasteiger partial charge < -0.3 is 15.0 Å². The Labute approximate surface area is 125 Å². The molecular weight excluding hydrogens is 264 g/mol. The maximum atomic E-state index is 5.49. The lowest BCUT2D eigenvalue weighted by Crippen LogP contribution is -2.38. The van der Waals surface area contributed by atoms with Gasteiger partial charge in [-0.15, -0.1) is 0 Å². The standard InChI is InChI=1S/C16H22N4O/c1-13-15(12-17-2)16(19-8-10-21-11-9-19)20(18-13)14-6-4-3-5-7-14/h3-7,17H,8-12H2,1-2H3. The van der Waals surface area contributed by atoms with E-state index in [2.05, 4.69) is 34.0 Å². The van der Waals surface area contributed by atoms with E-state index in [9.17, 15) is 0 Å². The molecule has 1 saturated heterocycles. The van der Waals surface area contributed by atoms with Crippen LogP contribution in [0.5, 0.6) is 0 Å². The minimum absolute atomic E-state index is 0.776. The predicted octanol–water partition coefficient (Wildman–Crippen LogP) is 1.74. The second-order valence-corrected chi connectivity index (χ2v) is 5.26. The van der Waals surface area contributed by atoms with Crippen LogP contribution in [-0.4, -0.2) is 43.1 Å². The molecule has 21 heavy (non-hydrogen) atoms. The predicted molar refractivity (Wildman–Crippen MR) is 84.1 cm³/mol. The third-order valence-corrected chi connectivity index (χ3v) is 3.82. The molecule has 1 aliphatic heterocycles. The minimum atomic E-state index is 0.776. The first-order valence-electron chi connectivity index (χ1n) is 7.42. The summed E-state index contributed by atoms with van der Waals surface area (Å²) in [6, 6.07) is 10.3. The number of hydrogen-bond donors (Lipinski definition) is 1. The van der Waals surface area contributed by atoms with Gasteiger partial charge in [0.25, 0.3) is 0 Å². The van der Waals surface area contributed by atoms with Crippen molar-refractivity contribution in [3.05, 3.63) is 41.6 Å². The molecule has 1 aromatic carbocycles. The summed E-state index contributed by atoms with van der Waals surface area (Å²) < 4.78 is 7.55. The van der Waals surface area contributed by atoms with Gasteiger partial charge in [0, 0.05) is 25.2 Å². The van der Waals surface area contributed by atoms with Crippen LogP contribution in [0, 0.1) is 6.92 Å². The van der Waals surface area contributed by atoms with E-state index in [1.165, 1.54) is 11.4 Å². The van der Waals surface area contributed by atoms with Gasteiger partial charge in [-0.3, -0.25) is 0 Å². The number of nitrogens with zero attached hydrogens (tertiary/aromatic N) is 3. The number of rotatable bonds is 4. The SMILES string of the molecule is CNCc1c(C)nn(-c2ccccc2)c1N1CCOCC1. The van der Waals surface area contributed by atoms with E-state index < -0.39 is 0 Å². The van der Waals surface area contributed by atoms with Crippen LogP contribution in [0.4, 0.5) is 5.82 Å². The molecule has 1 fully saturated rings.